The molecule has 2 aromatic heterocycles. The van der Waals surface area contributed by atoms with E-state index in [0.717, 1.165) is 42.5 Å². The summed E-state index contributed by atoms with van der Waals surface area (Å²) in [6.45, 7) is 6.72. The van der Waals surface area contributed by atoms with Crippen molar-refractivity contribution >= 4 is 11.8 Å². The van der Waals surface area contributed by atoms with Crippen molar-refractivity contribution in [2.75, 3.05) is 19.6 Å². The third kappa shape index (κ3) is 4.29. The van der Waals surface area contributed by atoms with Crippen molar-refractivity contribution in [1.82, 2.24) is 24.6 Å². The van der Waals surface area contributed by atoms with E-state index in [-0.39, 0.29) is 22.9 Å². The van der Waals surface area contributed by atoms with Gasteiger partial charge in [0.15, 0.2) is 0 Å². The van der Waals surface area contributed by atoms with Gasteiger partial charge in [-0.05, 0) is 50.3 Å². The first-order valence-corrected chi connectivity index (χ1v) is 11.4. The molecule has 2 amide bonds. The summed E-state index contributed by atoms with van der Waals surface area (Å²) in [5.74, 6) is -0.240. The second-order valence-electron chi connectivity index (χ2n) is 8.52. The number of likely N-dealkylation sites (tertiary alicyclic amines) is 1. The Morgan fingerprint density at radius 1 is 1.03 bits per heavy atom. The van der Waals surface area contributed by atoms with E-state index in [9.17, 15) is 14.4 Å². The number of aromatic amines is 1. The van der Waals surface area contributed by atoms with Crippen molar-refractivity contribution in [2.45, 2.75) is 65.5 Å². The van der Waals surface area contributed by atoms with Gasteiger partial charge in [0.1, 0.15) is 11.3 Å². The predicted molar refractivity (Wildman–Crippen MR) is 117 cm³/mol. The molecule has 0 aromatic carbocycles. The fourth-order valence-corrected chi connectivity index (χ4v) is 4.70. The fraction of sp³-hybridized carbons (Fsp3) is 0.565. The average Bonchev–Trinajstić information content (AvgIpc) is 3.13. The van der Waals surface area contributed by atoms with E-state index in [1.807, 2.05) is 24.8 Å². The van der Waals surface area contributed by atoms with E-state index in [1.165, 1.54) is 6.42 Å². The standard InChI is InChI=1S/C23H31N5O3/c1-3-28-19(13-16(2)25-28)22(30)27-12-9-18-17(15-27)14-24-21(29)20(18)23(31)26-10-7-5-4-6-8-11-26/h13-14H,3-12,15H2,1-2H3,(H,24,29). The number of hydrogen-bond donors (Lipinski definition) is 1. The van der Waals surface area contributed by atoms with Crippen LogP contribution in [0.1, 0.15) is 76.7 Å². The van der Waals surface area contributed by atoms with Crippen molar-refractivity contribution in [3.8, 4) is 0 Å². The van der Waals surface area contributed by atoms with Gasteiger partial charge in [-0.15, -0.1) is 0 Å². The summed E-state index contributed by atoms with van der Waals surface area (Å²) >= 11 is 0. The van der Waals surface area contributed by atoms with Gasteiger partial charge in [-0.3, -0.25) is 19.1 Å². The van der Waals surface area contributed by atoms with Crippen molar-refractivity contribution < 1.29 is 9.59 Å². The van der Waals surface area contributed by atoms with E-state index < -0.39 is 0 Å². The van der Waals surface area contributed by atoms with E-state index >= 15 is 0 Å². The number of carbonyl (C=O) groups excluding carboxylic acids is 2. The maximum Gasteiger partial charge on any atom is 0.272 e. The molecule has 166 valence electrons. The number of fused-ring (bicyclic) bond motifs is 1. The van der Waals surface area contributed by atoms with Crippen LogP contribution in [0.2, 0.25) is 0 Å². The molecule has 0 saturated carbocycles. The number of carbonyl (C=O) groups is 2. The second-order valence-corrected chi connectivity index (χ2v) is 8.52. The number of H-pyrrole nitrogens is 1. The normalized spacial score (nSPS) is 17.1. The molecule has 2 aromatic rings. The smallest absolute Gasteiger partial charge is 0.272 e. The largest absolute Gasteiger partial charge is 0.338 e. The van der Waals surface area contributed by atoms with Gasteiger partial charge < -0.3 is 14.8 Å². The first-order valence-electron chi connectivity index (χ1n) is 11.4. The number of hydrogen-bond acceptors (Lipinski definition) is 4. The van der Waals surface area contributed by atoms with Crippen molar-refractivity contribution in [1.29, 1.82) is 0 Å². The predicted octanol–water partition coefficient (Wildman–Crippen LogP) is 2.50. The Kier molecular flexibility index (Phi) is 6.25. The zero-order chi connectivity index (χ0) is 22.0. The van der Waals surface area contributed by atoms with Gasteiger partial charge in [-0.25, -0.2) is 0 Å². The summed E-state index contributed by atoms with van der Waals surface area (Å²) in [5, 5.41) is 4.38. The lowest BCUT2D eigenvalue weighted by Crippen LogP contribution is -2.42. The Labute approximate surface area is 182 Å². The van der Waals surface area contributed by atoms with Crippen LogP contribution in [0.4, 0.5) is 0 Å². The first-order chi connectivity index (χ1) is 15.0. The molecule has 0 spiro atoms. The number of nitrogens with one attached hydrogen (secondary N) is 1. The van der Waals surface area contributed by atoms with Gasteiger partial charge in [-0.1, -0.05) is 19.3 Å². The molecule has 1 saturated heterocycles. The lowest BCUT2D eigenvalue weighted by Gasteiger charge is -2.31. The van der Waals surface area contributed by atoms with Crippen molar-refractivity contribution in [3.63, 3.8) is 0 Å². The quantitative estimate of drug-likeness (QED) is 0.818. The minimum atomic E-state index is -0.328. The number of pyridine rings is 1. The molecule has 2 aliphatic rings. The van der Waals surface area contributed by atoms with E-state index in [2.05, 4.69) is 10.1 Å². The van der Waals surface area contributed by atoms with E-state index in [0.29, 0.717) is 44.8 Å². The lowest BCUT2D eigenvalue weighted by molar-refractivity contribution is 0.0718. The minimum absolute atomic E-state index is 0.0732. The molecule has 0 atom stereocenters. The zero-order valence-corrected chi connectivity index (χ0v) is 18.4. The molecule has 8 heteroatoms. The Bertz CT molecular complexity index is 1030. The lowest BCUT2D eigenvalue weighted by atomic mass is 9.95. The maximum atomic E-state index is 13.3. The molecule has 4 heterocycles. The van der Waals surface area contributed by atoms with Crippen LogP contribution in [-0.2, 0) is 19.5 Å². The van der Waals surface area contributed by atoms with Crippen LogP contribution in [0.3, 0.4) is 0 Å². The van der Waals surface area contributed by atoms with Crippen LogP contribution >= 0.6 is 0 Å². The number of nitrogens with zero attached hydrogens (tertiary/aromatic N) is 4. The van der Waals surface area contributed by atoms with Gasteiger partial charge in [0, 0.05) is 38.9 Å². The number of amides is 2. The highest BCUT2D eigenvalue weighted by Gasteiger charge is 2.30. The third-order valence-electron chi connectivity index (χ3n) is 6.35. The molecule has 2 aliphatic heterocycles. The minimum Gasteiger partial charge on any atom is -0.338 e. The van der Waals surface area contributed by atoms with Gasteiger partial charge in [0.25, 0.3) is 17.4 Å². The summed E-state index contributed by atoms with van der Waals surface area (Å²) in [4.78, 5) is 45.4. The van der Waals surface area contributed by atoms with Gasteiger partial charge in [-0.2, -0.15) is 5.10 Å². The van der Waals surface area contributed by atoms with Crippen LogP contribution in [0, 0.1) is 6.92 Å². The third-order valence-corrected chi connectivity index (χ3v) is 6.35. The van der Waals surface area contributed by atoms with Crippen LogP contribution in [0.25, 0.3) is 0 Å². The molecule has 0 bridgehead atoms. The highest BCUT2D eigenvalue weighted by atomic mass is 16.2. The molecular formula is C23H31N5O3. The van der Waals surface area contributed by atoms with Gasteiger partial charge in [0.05, 0.1) is 5.69 Å². The summed E-state index contributed by atoms with van der Waals surface area (Å²) < 4.78 is 1.72. The molecule has 31 heavy (non-hydrogen) atoms. The maximum absolute atomic E-state index is 13.3. The molecule has 0 radical (unpaired) electrons. The van der Waals surface area contributed by atoms with Gasteiger partial charge >= 0.3 is 0 Å². The average molecular weight is 426 g/mol. The first kappa shape index (κ1) is 21.3. The highest BCUT2D eigenvalue weighted by molar-refractivity contribution is 5.96. The fourth-order valence-electron chi connectivity index (χ4n) is 4.70. The van der Waals surface area contributed by atoms with Gasteiger partial charge in [0.2, 0.25) is 0 Å². The second kappa shape index (κ2) is 9.08. The van der Waals surface area contributed by atoms with E-state index in [4.69, 9.17) is 0 Å². The Morgan fingerprint density at radius 3 is 2.45 bits per heavy atom. The topological polar surface area (TPSA) is 91.3 Å². The molecule has 1 N–H and O–H groups in total. The number of aromatic nitrogens is 3. The molecule has 8 nitrogen and oxygen atoms in total. The van der Waals surface area contributed by atoms with Crippen LogP contribution in [0.15, 0.2) is 17.1 Å². The summed E-state index contributed by atoms with van der Waals surface area (Å²) in [5.41, 5.74) is 2.96. The molecule has 4 rings (SSSR count). The molecular weight excluding hydrogens is 394 g/mol. The summed E-state index contributed by atoms with van der Waals surface area (Å²) in [6, 6.07) is 1.81. The van der Waals surface area contributed by atoms with Crippen LogP contribution in [-0.4, -0.2) is 56.0 Å². The zero-order valence-electron chi connectivity index (χ0n) is 18.4. The Balaban J connectivity index is 1.59. The Morgan fingerprint density at radius 2 is 1.74 bits per heavy atom. The summed E-state index contributed by atoms with van der Waals surface area (Å²) in [7, 11) is 0. The number of aryl methyl sites for hydroxylation is 2. The van der Waals surface area contributed by atoms with E-state index in [1.54, 1.807) is 15.8 Å². The number of rotatable bonds is 3. The SMILES string of the molecule is CCn1nc(C)cc1C(=O)N1CCc2c(c[nH]c(=O)c2C(=O)N2CCCCCCC2)C1. The molecule has 0 unspecified atom stereocenters. The van der Waals surface area contributed by atoms with Crippen LogP contribution < -0.4 is 5.56 Å². The highest BCUT2D eigenvalue weighted by Crippen LogP contribution is 2.23. The van der Waals surface area contributed by atoms with Crippen molar-refractivity contribution in [2.24, 2.45) is 0 Å². The van der Waals surface area contributed by atoms with Crippen molar-refractivity contribution in [3.05, 3.63) is 50.7 Å². The summed E-state index contributed by atoms with van der Waals surface area (Å²) in [6.07, 6.45) is 7.57. The van der Waals surface area contributed by atoms with Crippen LogP contribution in [0.5, 0.6) is 0 Å². The molecule has 0 aliphatic carbocycles. The Hall–Kier alpha value is -2.90. The molecule has 1 fully saturated rings. The monoisotopic (exact) mass is 425 g/mol.